The maximum Gasteiger partial charge on any atom is 0.237 e. The molecule has 7 heteroatoms. The van der Waals surface area contributed by atoms with Crippen LogP contribution in [0.25, 0.3) is 0 Å². The van der Waals surface area contributed by atoms with Gasteiger partial charge >= 0.3 is 0 Å². The predicted octanol–water partition coefficient (Wildman–Crippen LogP) is 3.01. The van der Waals surface area contributed by atoms with E-state index in [4.69, 9.17) is 9.97 Å². The number of carbonyl (C=O) groups is 1. The second kappa shape index (κ2) is 11.2. The quantitative estimate of drug-likeness (QED) is 0.684. The van der Waals surface area contributed by atoms with Gasteiger partial charge in [0.1, 0.15) is 11.6 Å². The molecule has 2 fully saturated rings. The summed E-state index contributed by atoms with van der Waals surface area (Å²) in [5, 5.41) is 3.49. The molecule has 31 heavy (non-hydrogen) atoms. The summed E-state index contributed by atoms with van der Waals surface area (Å²) < 4.78 is 0. The maximum absolute atomic E-state index is 13.2. The number of rotatable bonds is 8. The second-order valence-electron chi connectivity index (χ2n) is 9.86. The molecule has 2 aliphatic rings. The Hall–Kier alpha value is -1.73. The van der Waals surface area contributed by atoms with Crippen molar-refractivity contribution in [3.8, 4) is 0 Å². The van der Waals surface area contributed by atoms with Crippen molar-refractivity contribution in [3.63, 3.8) is 0 Å². The molecule has 7 nitrogen and oxygen atoms in total. The molecule has 0 aromatic carbocycles. The third kappa shape index (κ3) is 6.62. The number of nitrogens with zero attached hydrogens (tertiary/aromatic N) is 5. The van der Waals surface area contributed by atoms with Gasteiger partial charge in [-0.1, -0.05) is 19.3 Å². The highest BCUT2D eigenvalue weighted by molar-refractivity contribution is 5.79. The largest absolute Gasteiger partial charge is 0.363 e. The standard InChI is InChI=1S/C24H42N6O/c1-18(2)30(20-11-7-6-8-12-20)24(31)17-29(5)16-22-26-21(14-23(27-22)28(3)4)19-10-9-13-25-15-19/h14,18-20,25H,6-13,15-17H2,1-5H3/t19-/m0/s1. The summed E-state index contributed by atoms with van der Waals surface area (Å²) in [5.41, 5.74) is 1.12. The van der Waals surface area contributed by atoms with Gasteiger partial charge in [-0.25, -0.2) is 9.97 Å². The van der Waals surface area contributed by atoms with Crippen molar-refractivity contribution in [2.75, 3.05) is 45.7 Å². The van der Waals surface area contributed by atoms with Crippen LogP contribution in [-0.4, -0.2) is 78.5 Å². The SMILES string of the molecule is CC(C)N(C(=O)CN(C)Cc1nc([C@H]2CCCNC2)cc(N(C)C)n1)C1CCCCC1. The number of hydrogen-bond acceptors (Lipinski definition) is 6. The smallest absolute Gasteiger partial charge is 0.237 e. The number of carbonyl (C=O) groups excluding carboxylic acids is 1. The van der Waals surface area contributed by atoms with E-state index in [-0.39, 0.29) is 11.9 Å². The zero-order valence-corrected chi connectivity index (χ0v) is 20.2. The van der Waals surface area contributed by atoms with Crippen molar-refractivity contribution >= 4 is 11.7 Å². The first-order valence-corrected chi connectivity index (χ1v) is 12.1. The van der Waals surface area contributed by atoms with Crippen molar-refractivity contribution in [2.45, 2.75) is 83.3 Å². The Morgan fingerprint density at radius 1 is 1.10 bits per heavy atom. The monoisotopic (exact) mass is 430 g/mol. The van der Waals surface area contributed by atoms with Gasteiger partial charge in [0.2, 0.25) is 5.91 Å². The lowest BCUT2D eigenvalue weighted by Crippen LogP contribution is -2.49. The van der Waals surface area contributed by atoms with Crippen molar-refractivity contribution in [1.29, 1.82) is 0 Å². The fraction of sp³-hybridized carbons (Fsp3) is 0.792. The lowest BCUT2D eigenvalue weighted by molar-refractivity contribution is -0.137. The first kappa shape index (κ1) is 23.9. The molecule has 0 bridgehead atoms. The van der Waals surface area contributed by atoms with E-state index in [9.17, 15) is 4.79 Å². The number of aromatic nitrogens is 2. The third-order valence-corrected chi connectivity index (χ3v) is 6.58. The van der Waals surface area contributed by atoms with Gasteiger partial charge < -0.3 is 15.1 Å². The topological polar surface area (TPSA) is 64.6 Å². The van der Waals surface area contributed by atoms with Crippen LogP contribution >= 0.6 is 0 Å². The van der Waals surface area contributed by atoms with Crippen LogP contribution in [-0.2, 0) is 11.3 Å². The van der Waals surface area contributed by atoms with Crippen LogP contribution in [0, 0.1) is 0 Å². The predicted molar refractivity (Wildman–Crippen MR) is 126 cm³/mol. The van der Waals surface area contributed by atoms with Gasteiger partial charge in [-0.05, 0) is 53.1 Å². The highest BCUT2D eigenvalue weighted by atomic mass is 16.2. The van der Waals surface area contributed by atoms with Crippen LogP contribution in [0.1, 0.15) is 76.2 Å². The molecule has 1 aliphatic heterocycles. The molecule has 1 saturated heterocycles. The molecule has 3 rings (SSSR count). The van der Waals surface area contributed by atoms with E-state index in [0.29, 0.717) is 25.0 Å². The summed E-state index contributed by atoms with van der Waals surface area (Å²) in [7, 11) is 6.05. The van der Waals surface area contributed by atoms with Crippen LogP contribution in [0.15, 0.2) is 6.07 Å². The summed E-state index contributed by atoms with van der Waals surface area (Å²) in [6.07, 6.45) is 8.40. The van der Waals surface area contributed by atoms with Crippen molar-refractivity contribution in [3.05, 3.63) is 17.6 Å². The van der Waals surface area contributed by atoms with Gasteiger partial charge in [-0.15, -0.1) is 0 Å². The Kier molecular flexibility index (Phi) is 8.67. The van der Waals surface area contributed by atoms with Crippen molar-refractivity contribution in [1.82, 2.24) is 25.1 Å². The summed E-state index contributed by atoms with van der Waals surface area (Å²) >= 11 is 0. The normalized spacial score (nSPS) is 20.3. The summed E-state index contributed by atoms with van der Waals surface area (Å²) in [5.74, 6) is 2.40. The minimum atomic E-state index is 0.227. The third-order valence-electron chi connectivity index (χ3n) is 6.58. The fourth-order valence-corrected chi connectivity index (χ4v) is 5.00. The summed E-state index contributed by atoms with van der Waals surface area (Å²) in [6, 6.07) is 2.76. The minimum absolute atomic E-state index is 0.227. The number of likely N-dealkylation sites (N-methyl/N-ethyl adjacent to an activating group) is 1. The molecule has 1 saturated carbocycles. The minimum Gasteiger partial charge on any atom is -0.363 e. The average molecular weight is 431 g/mol. The average Bonchev–Trinajstić information content (AvgIpc) is 2.74. The Morgan fingerprint density at radius 2 is 1.84 bits per heavy atom. The molecule has 1 amide bonds. The molecule has 1 aromatic rings. The number of anilines is 1. The number of hydrogen-bond donors (Lipinski definition) is 1. The van der Waals surface area contributed by atoms with Crippen molar-refractivity contribution in [2.24, 2.45) is 0 Å². The van der Waals surface area contributed by atoms with Crippen LogP contribution in [0.3, 0.4) is 0 Å². The second-order valence-corrected chi connectivity index (χ2v) is 9.86. The fourth-order valence-electron chi connectivity index (χ4n) is 5.00. The van der Waals surface area contributed by atoms with Crippen LogP contribution in [0.2, 0.25) is 0 Å². The van der Waals surface area contributed by atoms with E-state index in [1.807, 2.05) is 26.0 Å². The van der Waals surface area contributed by atoms with Gasteiger partial charge in [-0.2, -0.15) is 0 Å². The zero-order chi connectivity index (χ0) is 22.4. The highest BCUT2D eigenvalue weighted by Crippen LogP contribution is 2.26. The van der Waals surface area contributed by atoms with E-state index in [1.165, 1.54) is 25.7 Å². The van der Waals surface area contributed by atoms with E-state index < -0.39 is 0 Å². The summed E-state index contributed by atoms with van der Waals surface area (Å²) in [4.78, 5) is 29.1. The lowest BCUT2D eigenvalue weighted by Gasteiger charge is -2.38. The summed E-state index contributed by atoms with van der Waals surface area (Å²) in [6.45, 7) is 7.33. The van der Waals surface area contributed by atoms with Gasteiger partial charge in [-0.3, -0.25) is 9.69 Å². The van der Waals surface area contributed by atoms with E-state index in [1.54, 1.807) is 0 Å². The molecule has 1 atom stereocenters. The van der Waals surface area contributed by atoms with Crippen molar-refractivity contribution < 1.29 is 4.79 Å². The van der Waals surface area contributed by atoms with E-state index in [0.717, 1.165) is 49.7 Å². The zero-order valence-electron chi connectivity index (χ0n) is 20.2. The highest BCUT2D eigenvalue weighted by Gasteiger charge is 2.28. The molecular formula is C24H42N6O. The first-order valence-electron chi connectivity index (χ1n) is 12.1. The molecule has 0 radical (unpaired) electrons. The molecule has 1 aromatic heterocycles. The molecule has 0 spiro atoms. The molecule has 174 valence electrons. The molecule has 1 N–H and O–H groups in total. The van der Waals surface area contributed by atoms with Gasteiger partial charge in [0.25, 0.3) is 0 Å². The van der Waals surface area contributed by atoms with E-state index in [2.05, 4.69) is 35.0 Å². The number of nitrogens with one attached hydrogen (secondary N) is 1. The maximum atomic E-state index is 13.2. The Balaban J connectivity index is 1.68. The van der Waals surface area contributed by atoms with Gasteiger partial charge in [0.05, 0.1) is 18.8 Å². The molecule has 1 aliphatic carbocycles. The molecular weight excluding hydrogens is 388 g/mol. The number of amides is 1. The Morgan fingerprint density at radius 3 is 2.45 bits per heavy atom. The lowest BCUT2D eigenvalue weighted by atomic mass is 9.93. The Bertz CT molecular complexity index is 710. The van der Waals surface area contributed by atoms with Crippen LogP contribution in [0.4, 0.5) is 5.82 Å². The first-order chi connectivity index (χ1) is 14.8. The Labute approximate surface area is 188 Å². The number of piperidine rings is 1. The van der Waals surface area contributed by atoms with Crippen LogP contribution < -0.4 is 10.2 Å². The molecule has 0 unspecified atom stereocenters. The van der Waals surface area contributed by atoms with Crippen LogP contribution in [0.5, 0.6) is 0 Å². The molecule has 2 heterocycles. The van der Waals surface area contributed by atoms with Gasteiger partial charge in [0, 0.05) is 44.7 Å². The van der Waals surface area contributed by atoms with E-state index >= 15 is 0 Å². The van der Waals surface area contributed by atoms with Gasteiger partial charge in [0.15, 0.2) is 0 Å².